The van der Waals surface area contributed by atoms with Crippen LogP contribution >= 0.6 is 0 Å². The summed E-state index contributed by atoms with van der Waals surface area (Å²) in [6.45, 7) is 4.61. The summed E-state index contributed by atoms with van der Waals surface area (Å²) < 4.78 is 13.7. The second-order valence-electron chi connectivity index (χ2n) is 11.3. The fraction of sp³-hybridized carbons (Fsp3) is 0.533. The quantitative estimate of drug-likeness (QED) is 0.441. The van der Waals surface area contributed by atoms with Gasteiger partial charge >= 0.3 is 0 Å². The maximum absolute atomic E-state index is 12.1. The molecule has 7 rings (SSSR count). The molecule has 0 radical (unpaired) electrons. The van der Waals surface area contributed by atoms with Crippen molar-refractivity contribution in [2.45, 2.75) is 69.8 Å². The number of piperidine rings is 3. The van der Waals surface area contributed by atoms with Gasteiger partial charge in [0.2, 0.25) is 0 Å². The molecule has 190 valence electrons. The largest absolute Gasteiger partial charge is 0.416 e. The van der Waals surface area contributed by atoms with Gasteiger partial charge in [0.1, 0.15) is 12.6 Å². The second kappa shape index (κ2) is 10.1. The van der Waals surface area contributed by atoms with Crippen LogP contribution < -0.4 is 0 Å². The van der Waals surface area contributed by atoms with E-state index in [-0.39, 0.29) is 12.0 Å². The molecule has 1 saturated carbocycles. The van der Waals surface area contributed by atoms with Crippen molar-refractivity contribution in [2.75, 3.05) is 19.6 Å². The predicted molar refractivity (Wildman–Crippen MR) is 137 cm³/mol. The van der Waals surface area contributed by atoms with Crippen LogP contribution in [0.5, 0.6) is 0 Å². The number of fused-ring (bicyclic) bond motifs is 3. The first-order valence-corrected chi connectivity index (χ1v) is 13.8. The summed E-state index contributed by atoms with van der Waals surface area (Å²) in [5, 5.41) is 21.1. The van der Waals surface area contributed by atoms with E-state index in [0.717, 1.165) is 55.4 Å². The van der Waals surface area contributed by atoms with Crippen LogP contribution in [0.15, 0.2) is 65.1 Å². The van der Waals surface area contributed by atoms with E-state index in [1.165, 1.54) is 24.8 Å². The van der Waals surface area contributed by atoms with Crippen molar-refractivity contribution < 1.29 is 18.7 Å². The SMILES string of the molecule is OC(c1ccccc1)(c1nnc(C[N+]23CCC(CC2)C(OCc2ccccc2)C3)o1)C1CCCCC1. The Balaban J connectivity index is 1.20. The lowest BCUT2D eigenvalue weighted by molar-refractivity contribution is -0.959. The Morgan fingerprint density at radius 3 is 2.31 bits per heavy atom. The average molecular weight is 489 g/mol. The molecule has 3 aliphatic heterocycles. The molecule has 0 amide bonds. The minimum Gasteiger partial charge on any atom is -0.416 e. The molecule has 2 bridgehead atoms. The number of ether oxygens (including phenoxy) is 1. The van der Waals surface area contributed by atoms with E-state index >= 15 is 0 Å². The topological polar surface area (TPSA) is 68.4 Å². The summed E-state index contributed by atoms with van der Waals surface area (Å²) in [7, 11) is 0. The normalized spacial score (nSPS) is 28.1. The molecule has 2 unspecified atom stereocenters. The van der Waals surface area contributed by atoms with E-state index in [4.69, 9.17) is 9.15 Å². The Morgan fingerprint density at radius 2 is 1.58 bits per heavy atom. The molecule has 3 aromatic rings. The van der Waals surface area contributed by atoms with Crippen LogP contribution in [0.4, 0.5) is 0 Å². The molecule has 4 heterocycles. The van der Waals surface area contributed by atoms with E-state index in [9.17, 15) is 5.11 Å². The molecule has 4 aliphatic rings. The monoisotopic (exact) mass is 488 g/mol. The van der Waals surface area contributed by atoms with Gasteiger partial charge in [-0.05, 0) is 24.0 Å². The van der Waals surface area contributed by atoms with Gasteiger partial charge in [0, 0.05) is 24.7 Å². The molecule has 36 heavy (non-hydrogen) atoms. The molecule has 2 aromatic carbocycles. The van der Waals surface area contributed by atoms with Crippen LogP contribution in [0, 0.1) is 11.8 Å². The van der Waals surface area contributed by atoms with Gasteiger partial charge in [-0.1, -0.05) is 79.9 Å². The van der Waals surface area contributed by atoms with Crippen LogP contribution in [-0.4, -0.2) is 45.5 Å². The maximum atomic E-state index is 12.1. The number of aromatic nitrogens is 2. The Kier molecular flexibility index (Phi) is 6.67. The first kappa shape index (κ1) is 23.8. The van der Waals surface area contributed by atoms with E-state index in [1.54, 1.807) is 0 Å². The zero-order chi connectivity index (χ0) is 24.4. The molecule has 6 heteroatoms. The first-order chi connectivity index (χ1) is 17.6. The van der Waals surface area contributed by atoms with E-state index in [2.05, 4.69) is 34.5 Å². The number of quaternary nitrogens is 1. The predicted octanol–water partition coefficient (Wildman–Crippen LogP) is 5.21. The van der Waals surface area contributed by atoms with Crippen molar-refractivity contribution in [2.24, 2.45) is 11.8 Å². The summed E-state index contributed by atoms with van der Waals surface area (Å²) in [6, 6.07) is 20.4. The minimum atomic E-state index is -1.23. The van der Waals surface area contributed by atoms with Gasteiger partial charge in [-0.2, -0.15) is 0 Å². The number of aliphatic hydroxyl groups is 1. The van der Waals surface area contributed by atoms with E-state index < -0.39 is 5.60 Å². The van der Waals surface area contributed by atoms with Gasteiger partial charge in [-0.15, -0.1) is 10.2 Å². The van der Waals surface area contributed by atoms with Gasteiger partial charge in [0.25, 0.3) is 11.8 Å². The van der Waals surface area contributed by atoms with Crippen molar-refractivity contribution in [3.05, 3.63) is 83.6 Å². The summed E-state index contributed by atoms with van der Waals surface area (Å²) in [6.07, 6.45) is 8.06. The third-order valence-corrected chi connectivity index (χ3v) is 9.02. The number of hydrogen-bond acceptors (Lipinski definition) is 5. The zero-order valence-electron chi connectivity index (χ0n) is 21.1. The summed E-state index contributed by atoms with van der Waals surface area (Å²) in [5.41, 5.74) is 0.848. The smallest absolute Gasteiger partial charge is 0.271 e. The Labute approximate surface area is 213 Å². The molecule has 4 fully saturated rings. The fourth-order valence-corrected chi connectivity index (χ4v) is 6.91. The van der Waals surface area contributed by atoms with Crippen molar-refractivity contribution in [1.82, 2.24) is 10.2 Å². The van der Waals surface area contributed by atoms with Gasteiger partial charge in [-0.3, -0.25) is 0 Å². The van der Waals surface area contributed by atoms with E-state index in [1.807, 2.05) is 36.4 Å². The third kappa shape index (κ3) is 4.62. The van der Waals surface area contributed by atoms with Crippen LogP contribution in [-0.2, 0) is 23.5 Å². The second-order valence-corrected chi connectivity index (χ2v) is 11.3. The number of hydrogen-bond donors (Lipinski definition) is 1. The van der Waals surface area contributed by atoms with Crippen molar-refractivity contribution in [3.8, 4) is 0 Å². The van der Waals surface area contributed by atoms with Crippen LogP contribution in [0.1, 0.15) is 67.9 Å². The Morgan fingerprint density at radius 1 is 0.889 bits per heavy atom. The van der Waals surface area contributed by atoms with Crippen molar-refractivity contribution in [3.63, 3.8) is 0 Å². The summed E-state index contributed by atoms with van der Waals surface area (Å²) >= 11 is 0. The van der Waals surface area contributed by atoms with Gasteiger partial charge < -0.3 is 18.7 Å². The molecular weight excluding hydrogens is 450 g/mol. The Bertz CT molecular complexity index is 1120. The molecule has 6 nitrogen and oxygen atoms in total. The van der Waals surface area contributed by atoms with Gasteiger partial charge in [-0.25, -0.2) is 0 Å². The van der Waals surface area contributed by atoms with Gasteiger partial charge in [0.05, 0.1) is 19.7 Å². The summed E-state index contributed by atoms with van der Waals surface area (Å²) in [5.74, 6) is 1.73. The maximum Gasteiger partial charge on any atom is 0.271 e. The lowest BCUT2D eigenvalue weighted by atomic mass is 9.73. The van der Waals surface area contributed by atoms with E-state index in [0.29, 0.717) is 30.9 Å². The average Bonchev–Trinajstić information content (AvgIpc) is 3.42. The fourth-order valence-electron chi connectivity index (χ4n) is 6.91. The van der Waals surface area contributed by atoms with Crippen LogP contribution in [0.3, 0.4) is 0 Å². The molecule has 0 spiro atoms. The Hall–Kier alpha value is -2.54. The number of nitrogens with zero attached hydrogens (tertiary/aromatic N) is 3. The highest BCUT2D eigenvalue weighted by atomic mass is 16.5. The van der Waals surface area contributed by atoms with Crippen molar-refractivity contribution >= 4 is 0 Å². The van der Waals surface area contributed by atoms with Crippen molar-refractivity contribution in [1.29, 1.82) is 0 Å². The molecule has 1 aliphatic carbocycles. The highest BCUT2D eigenvalue weighted by Crippen LogP contribution is 2.44. The molecule has 1 N–H and O–H groups in total. The lowest BCUT2D eigenvalue weighted by Gasteiger charge is -2.51. The van der Waals surface area contributed by atoms with Crippen LogP contribution in [0.2, 0.25) is 0 Å². The number of benzene rings is 2. The molecule has 3 saturated heterocycles. The minimum absolute atomic E-state index is 0.0930. The highest BCUT2D eigenvalue weighted by molar-refractivity contribution is 5.29. The zero-order valence-corrected chi connectivity index (χ0v) is 21.1. The third-order valence-electron chi connectivity index (χ3n) is 9.02. The molecule has 1 aromatic heterocycles. The molecular formula is C30H38N3O3+. The number of rotatable bonds is 8. The first-order valence-electron chi connectivity index (χ1n) is 13.8. The highest BCUT2D eigenvalue weighted by Gasteiger charge is 2.49. The van der Waals surface area contributed by atoms with Crippen LogP contribution in [0.25, 0.3) is 0 Å². The lowest BCUT2D eigenvalue weighted by Crippen LogP contribution is -2.63. The molecule has 2 atom stereocenters. The summed E-state index contributed by atoms with van der Waals surface area (Å²) in [4.78, 5) is 0. The standard InChI is InChI=1S/C30H38N3O3/c34-30(25-12-6-2-7-13-25,26-14-8-3-9-15-26)29-32-31-28(36-29)21-33-18-16-24(17-19-33)27(20-33)35-22-23-10-4-1-5-11-23/h1-2,4-7,10-13,24,26-27,34H,3,8-9,14-22H2/q+1. The van der Waals surface area contributed by atoms with Gasteiger partial charge in [0.15, 0.2) is 12.1 Å².